The van der Waals surface area contributed by atoms with Gasteiger partial charge in [0.05, 0.1) is 17.2 Å². The molecule has 1 atom stereocenters. The van der Waals surface area contributed by atoms with E-state index in [-0.39, 0.29) is 11.5 Å². The predicted molar refractivity (Wildman–Crippen MR) is 141 cm³/mol. The smallest absolute Gasteiger partial charge is 0.196 e. The van der Waals surface area contributed by atoms with Crippen molar-refractivity contribution in [2.75, 3.05) is 6.61 Å². The molecule has 0 saturated heterocycles. The van der Waals surface area contributed by atoms with Crippen molar-refractivity contribution in [3.05, 3.63) is 94.0 Å². The molecule has 0 fully saturated rings. The molecule has 1 N–H and O–H groups in total. The number of fused-ring (bicyclic) bond motifs is 2. The standard InChI is InChI=1S/C30H29ClN2O/c1-30(2)18-34-29(33-30)27(22-11-5-7-13-24(22)31)26-23-12-6-8-14-25(23)32-28(26)21-16-15-19-9-3-4-10-20(19)17-21/h5-8,11-17,27,32H,3-4,9-10,18H2,1-2H3. The number of nitrogens with zero attached hydrogens (tertiary/aromatic N) is 1. The molecule has 1 aromatic heterocycles. The monoisotopic (exact) mass is 468 g/mol. The van der Waals surface area contributed by atoms with E-state index in [2.05, 4.69) is 67.4 Å². The number of aliphatic imine (C=N–C) groups is 1. The van der Waals surface area contributed by atoms with E-state index in [0.29, 0.717) is 6.61 Å². The summed E-state index contributed by atoms with van der Waals surface area (Å²) in [6.07, 6.45) is 4.87. The number of aromatic amines is 1. The van der Waals surface area contributed by atoms with Crippen molar-refractivity contribution in [1.29, 1.82) is 0 Å². The van der Waals surface area contributed by atoms with E-state index in [4.69, 9.17) is 21.3 Å². The summed E-state index contributed by atoms with van der Waals surface area (Å²) in [6, 6.07) is 23.6. The van der Waals surface area contributed by atoms with Gasteiger partial charge in [0.15, 0.2) is 5.90 Å². The van der Waals surface area contributed by atoms with Gasteiger partial charge in [-0.3, -0.25) is 0 Å². The molecular weight excluding hydrogens is 440 g/mol. The second kappa shape index (κ2) is 8.32. The first-order valence-corrected chi connectivity index (χ1v) is 12.6. The van der Waals surface area contributed by atoms with Crippen LogP contribution >= 0.6 is 11.6 Å². The molecule has 0 spiro atoms. The van der Waals surface area contributed by atoms with E-state index in [1.54, 1.807) is 0 Å². The van der Waals surface area contributed by atoms with Crippen LogP contribution in [0, 0.1) is 0 Å². The molecule has 1 aliphatic heterocycles. The number of para-hydroxylation sites is 1. The maximum atomic E-state index is 6.81. The van der Waals surface area contributed by atoms with Gasteiger partial charge in [0.25, 0.3) is 0 Å². The number of rotatable bonds is 4. The molecule has 0 bridgehead atoms. The summed E-state index contributed by atoms with van der Waals surface area (Å²) in [5.74, 6) is 0.541. The molecule has 172 valence electrons. The van der Waals surface area contributed by atoms with Crippen molar-refractivity contribution in [3.63, 3.8) is 0 Å². The number of benzene rings is 3. The first-order chi connectivity index (χ1) is 16.5. The van der Waals surface area contributed by atoms with Crippen molar-refractivity contribution >= 4 is 28.4 Å². The Labute approximate surface area is 205 Å². The minimum absolute atomic E-state index is 0.197. The number of halogens is 1. The van der Waals surface area contributed by atoms with Gasteiger partial charge in [-0.1, -0.05) is 60.1 Å². The van der Waals surface area contributed by atoms with E-state index in [9.17, 15) is 0 Å². The Hall–Kier alpha value is -3.04. The van der Waals surface area contributed by atoms with Crippen LogP contribution in [0.2, 0.25) is 5.02 Å². The average molecular weight is 469 g/mol. The van der Waals surface area contributed by atoms with Crippen LogP contribution in [0.1, 0.15) is 54.9 Å². The first-order valence-electron chi connectivity index (χ1n) is 12.2. The van der Waals surface area contributed by atoms with Crippen LogP contribution in [-0.4, -0.2) is 23.0 Å². The summed E-state index contributed by atoms with van der Waals surface area (Å²) in [7, 11) is 0. The van der Waals surface area contributed by atoms with Gasteiger partial charge < -0.3 is 9.72 Å². The Morgan fingerprint density at radius 2 is 1.71 bits per heavy atom. The van der Waals surface area contributed by atoms with Crippen molar-refractivity contribution in [2.45, 2.75) is 51.0 Å². The van der Waals surface area contributed by atoms with Crippen molar-refractivity contribution in [2.24, 2.45) is 4.99 Å². The zero-order valence-electron chi connectivity index (χ0n) is 19.7. The number of H-pyrrole nitrogens is 1. The fraction of sp³-hybridized carbons (Fsp3) is 0.300. The number of aromatic nitrogens is 1. The molecule has 1 unspecified atom stereocenters. The highest BCUT2D eigenvalue weighted by Gasteiger charge is 2.36. The summed E-state index contributed by atoms with van der Waals surface area (Å²) in [4.78, 5) is 8.78. The number of nitrogens with one attached hydrogen (secondary N) is 1. The summed E-state index contributed by atoms with van der Waals surface area (Å²) >= 11 is 6.81. The van der Waals surface area contributed by atoms with Crippen LogP contribution in [0.15, 0.2) is 71.7 Å². The topological polar surface area (TPSA) is 37.4 Å². The Kier molecular flexibility index (Phi) is 5.26. The molecule has 2 aliphatic rings. The van der Waals surface area contributed by atoms with Crippen LogP contribution < -0.4 is 0 Å². The molecule has 6 rings (SSSR count). The van der Waals surface area contributed by atoms with E-state index in [0.717, 1.165) is 34.1 Å². The molecule has 2 heterocycles. The molecule has 3 aromatic carbocycles. The van der Waals surface area contributed by atoms with Crippen LogP contribution in [0.5, 0.6) is 0 Å². The fourth-order valence-corrected chi connectivity index (χ4v) is 5.71. The highest BCUT2D eigenvalue weighted by atomic mass is 35.5. The van der Waals surface area contributed by atoms with Crippen molar-refractivity contribution < 1.29 is 4.74 Å². The largest absolute Gasteiger partial charge is 0.478 e. The molecule has 0 amide bonds. The summed E-state index contributed by atoms with van der Waals surface area (Å²) in [6.45, 7) is 4.80. The molecule has 0 radical (unpaired) electrons. The van der Waals surface area contributed by atoms with Gasteiger partial charge in [0.1, 0.15) is 6.61 Å². The second-order valence-corrected chi connectivity index (χ2v) is 10.6. The van der Waals surface area contributed by atoms with Gasteiger partial charge in [0, 0.05) is 21.5 Å². The van der Waals surface area contributed by atoms with Crippen molar-refractivity contribution in [1.82, 2.24) is 4.98 Å². The lowest BCUT2D eigenvalue weighted by Crippen LogP contribution is -2.17. The third-order valence-electron chi connectivity index (χ3n) is 7.12. The molecular formula is C30H29ClN2O. The Balaban J connectivity index is 1.62. The minimum Gasteiger partial charge on any atom is -0.478 e. The zero-order valence-corrected chi connectivity index (χ0v) is 20.5. The molecule has 4 heteroatoms. The minimum atomic E-state index is -0.257. The SMILES string of the molecule is CC1(C)COC(C(c2ccccc2Cl)c2c(-c3ccc4c(c3)CCCC4)[nH]c3ccccc23)=N1. The molecule has 1 aliphatic carbocycles. The van der Waals surface area contributed by atoms with Crippen LogP contribution in [-0.2, 0) is 17.6 Å². The van der Waals surface area contributed by atoms with Gasteiger partial charge in [-0.25, -0.2) is 4.99 Å². The van der Waals surface area contributed by atoms with Crippen LogP contribution in [0.4, 0.5) is 0 Å². The third kappa shape index (κ3) is 3.73. The quantitative estimate of drug-likeness (QED) is 0.327. The summed E-state index contributed by atoms with van der Waals surface area (Å²) < 4.78 is 6.27. The maximum absolute atomic E-state index is 6.81. The van der Waals surface area contributed by atoms with Crippen LogP contribution in [0.25, 0.3) is 22.2 Å². The second-order valence-electron chi connectivity index (χ2n) is 10.2. The van der Waals surface area contributed by atoms with Crippen LogP contribution in [0.3, 0.4) is 0 Å². The number of ether oxygens (including phenoxy) is 1. The highest BCUT2D eigenvalue weighted by molar-refractivity contribution is 6.31. The normalized spacial score (nSPS) is 17.8. The van der Waals surface area contributed by atoms with Gasteiger partial charge in [-0.15, -0.1) is 0 Å². The lowest BCUT2D eigenvalue weighted by molar-refractivity contribution is 0.273. The lowest BCUT2D eigenvalue weighted by atomic mass is 9.85. The van der Waals surface area contributed by atoms with Crippen molar-refractivity contribution in [3.8, 4) is 11.3 Å². The Morgan fingerprint density at radius 3 is 2.50 bits per heavy atom. The average Bonchev–Trinajstić information content (AvgIpc) is 3.40. The Bertz CT molecular complexity index is 1410. The van der Waals surface area contributed by atoms with E-state index in [1.165, 1.54) is 46.9 Å². The molecule has 3 nitrogen and oxygen atoms in total. The summed E-state index contributed by atoms with van der Waals surface area (Å²) in [5, 5.41) is 1.90. The van der Waals surface area contributed by atoms with E-state index in [1.807, 2.05) is 18.2 Å². The lowest BCUT2D eigenvalue weighted by Gasteiger charge is -2.21. The predicted octanol–water partition coefficient (Wildman–Crippen LogP) is 7.71. The zero-order chi connectivity index (χ0) is 23.3. The van der Waals surface area contributed by atoms with E-state index < -0.39 is 0 Å². The maximum Gasteiger partial charge on any atom is 0.196 e. The molecule has 34 heavy (non-hydrogen) atoms. The Morgan fingerprint density at radius 1 is 0.941 bits per heavy atom. The number of hydrogen-bond donors (Lipinski definition) is 1. The third-order valence-corrected chi connectivity index (χ3v) is 7.47. The number of hydrogen-bond acceptors (Lipinski definition) is 2. The van der Waals surface area contributed by atoms with Gasteiger partial charge in [-0.05, 0) is 80.0 Å². The molecule has 4 aromatic rings. The summed E-state index contributed by atoms with van der Waals surface area (Å²) in [5.41, 5.74) is 8.34. The van der Waals surface area contributed by atoms with Gasteiger partial charge >= 0.3 is 0 Å². The van der Waals surface area contributed by atoms with E-state index >= 15 is 0 Å². The highest BCUT2D eigenvalue weighted by Crippen LogP contribution is 2.43. The number of aryl methyl sites for hydroxylation is 2. The molecule has 0 saturated carbocycles. The fourth-order valence-electron chi connectivity index (χ4n) is 5.46. The first kappa shape index (κ1) is 21.5. The van der Waals surface area contributed by atoms with Gasteiger partial charge in [-0.2, -0.15) is 0 Å². The van der Waals surface area contributed by atoms with Gasteiger partial charge in [0.2, 0.25) is 0 Å².